The van der Waals surface area contributed by atoms with Crippen molar-refractivity contribution in [3.05, 3.63) is 23.2 Å². The summed E-state index contributed by atoms with van der Waals surface area (Å²) >= 11 is 5.85. The maximum absolute atomic E-state index is 12.3. The molecule has 1 aromatic carbocycles. The van der Waals surface area contributed by atoms with Crippen LogP contribution in [0.15, 0.2) is 18.2 Å². The molecule has 20 heavy (non-hydrogen) atoms. The standard InChI is InChI=1S/C15H24ClN3O/c1-4-8-19(9-5-2)11(3)15(20)18-14-7-6-12(16)10-13(14)17/h6-7,10-11H,4-5,8-9,17H2,1-3H3,(H,18,20). The molecule has 1 rings (SSSR count). The van der Waals surface area contributed by atoms with Crippen LogP contribution in [-0.2, 0) is 4.79 Å². The Morgan fingerprint density at radius 2 is 1.95 bits per heavy atom. The van der Waals surface area contributed by atoms with Crippen LogP contribution in [0.3, 0.4) is 0 Å². The van der Waals surface area contributed by atoms with Gasteiger partial charge in [0, 0.05) is 5.02 Å². The van der Waals surface area contributed by atoms with E-state index in [1.807, 2.05) is 6.92 Å². The number of benzene rings is 1. The third kappa shape index (κ3) is 4.69. The average molecular weight is 298 g/mol. The Balaban J connectivity index is 2.73. The van der Waals surface area contributed by atoms with E-state index in [-0.39, 0.29) is 11.9 Å². The van der Waals surface area contributed by atoms with E-state index >= 15 is 0 Å². The van der Waals surface area contributed by atoms with Crippen LogP contribution in [0.25, 0.3) is 0 Å². The molecule has 1 aromatic rings. The monoisotopic (exact) mass is 297 g/mol. The lowest BCUT2D eigenvalue weighted by Gasteiger charge is -2.27. The van der Waals surface area contributed by atoms with Gasteiger partial charge in [-0.25, -0.2) is 0 Å². The minimum absolute atomic E-state index is 0.0408. The molecule has 0 aromatic heterocycles. The van der Waals surface area contributed by atoms with Crippen LogP contribution in [0.4, 0.5) is 11.4 Å². The van der Waals surface area contributed by atoms with Crippen molar-refractivity contribution >= 4 is 28.9 Å². The molecule has 0 spiro atoms. The van der Waals surface area contributed by atoms with Crippen LogP contribution < -0.4 is 11.1 Å². The Hall–Kier alpha value is -1.26. The summed E-state index contributed by atoms with van der Waals surface area (Å²) in [6.07, 6.45) is 2.06. The van der Waals surface area contributed by atoms with E-state index in [2.05, 4.69) is 24.1 Å². The van der Waals surface area contributed by atoms with Crippen LogP contribution in [-0.4, -0.2) is 29.9 Å². The molecule has 0 aliphatic rings. The van der Waals surface area contributed by atoms with Crippen molar-refractivity contribution in [3.63, 3.8) is 0 Å². The van der Waals surface area contributed by atoms with Gasteiger partial charge in [0.2, 0.25) is 5.91 Å². The number of anilines is 2. The fraction of sp³-hybridized carbons (Fsp3) is 0.533. The molecule has 1 amide bonds. The fourth-order valence-electron chi connectivity index (χ4n) is 2.12. The molecule has 4 nitrogen and oxygen atoms in total. The number of rotatable bonds is 7. The maximum Gasteiger partial charge on any atom is 0.241 e. The molecule has 0 saturated carbocycles. The van der Waals surface area contributed by atoms with E-state index in [9.17, 15) is 4.79 Å². The highest BCUT2D eigenvalue weighted by molar-refractivity contribution is 6.31. The van der Waals surface area contributed by atoms with E-state index in [4.69, 9.17) is 17.3 Å². The predicted molar refractivity (Wildman–Crippen MR) is 86.1 cm³/mol. The van der Waals surface area contributed by atoms with Gasteiger partial charge in [0.15, 0.2) is 0 Å². The number of nitrogens with one attached hydrogen (secondary N) is 1. The second-order valence-electron chi connectivity index (χ2n) is 4.93. The number of hydrogen-bond acceptors (Lipinski definition) is 3. The summed E-state index contributed by atoms with van der Waals surface area (Å²) in [7, 11) is 0. The lowest BCUT2D eigenvalue weighted by Crippen LogP contribution is -2.42. The van der Waals surface area contributed by atoms with Crippen molar-refractivity contribution in [1.82, 2.24) is 4.90 Å². The number of nitrogen functional groups attached to an aromatic ring is 1. The summed E-state index contributed by atoms with van der Waals surface area (Å²) in [5.41, 5.74) is 6.94. The highest BCUT2D eigenvalue weighted by Crippen LogP contribution is 2.23. The molecule has 1 atom stereocenters. The van der Waals surface area contributed by atoms with E-state index in [1.54, 1.807) is 18.2 Å². The molecule has 112 valence electrons. The quantitative estimate of drug-likeness (QED) is 0.759. The number of carbonyl (C=O) groups is 1. The molecular formula is C15H24ClN3O. The van der Waals surface area contributed by atoms with Crippen molar-refractivity contribution in [2.75, 3.05) is 24.1 Å². The van der Waals surface area contributed by atoms with Crippen LogP contribution in [0, 0.1) is 0 Å². The Morgan fingerprint density at radius 1 is 1.35 bits per heavy atom. The first-order chi connectivity index (χ1) is 9.49. The van der Waals surface area contributed by atoms with Crippen LogP contribution in [0.2, 0.25) is 5.02 Å². The third-order valence-corrected chi connectivity index (χ3v) is 3.46. The smallest absolute Gasteiger partial charge is 0.241 e. The highest BCUT2D eigenvalue weighted by Gasteiger charge is 2.20. The largest absolute Gasteiger partial charge is 0.397 e. The number of halogens is 1. The Bertz CT molecular complexity index is 445. The molecule has 5 heteroatoms. The second kappa shape index (κ2) is 8.12. The van der Waals surface area contributed by atoms with Gasteiger partial charge in [-0.15, -0.1) is 0 Å². The average Bonchev–Trinajstić information content (AvgIpc) is 2.40. The Morgan fingerprint density at radius 3 is 2.45 bits per heavy atom. The number of amides is 1. The molecule has 0 aliphatic heterocycles. The summed E-state index contributed by atoms with van der Waals surface area (Å²) in [4.78, 5) is 14.5. The molecule has 3 N–H and O–H groups in total. The van der Waals surface area contributed by atoms with E-state index < -0.39 is 0 Å². The number of nitrogens with two attached hydrogens (primary N) is 1. The highest BCUT2D eigenvalue weighted by atomic mass is 35.5. The first kappa shape index (κ1) is 16.8. The van der Waals surface area contributed by atoms with Crippen LogP contribution in [0.1, 0.15) is 33.6 Å². The third-order valence-electron chi connectivity index (χ3n) is 3.22. The molecule has 0 fully saturated rings. The van der Waals surface area contributed by atoms with Gasteiger partial charge in [0.1, 0.15) is 0 Å². The van der Waals surface area contributed by atoms with Gasteiger partial charge < -0.3 is 11.1 Å². The number of hydrogen-bond donors (Lipinski definition) is 2. The lowest BCUT2D eigenvalue weighted by molar-refractivity contribution is -0.120. The zero-order chi connectivity index (χ0) is 15.1. The molecule has 0 radical (unpaired) electrons. The molecule has 1 unspecified atom stereocenters. The van der Waals surface area contributed by atoms with Crippen LogP contribution >= 0.6 is 11.6 Å². The van der Waals surface area contributed by atoms with Gasteiger partial charge in [-0.1, -0.05) is 25.4 Å². The van der Waals surface area contributed by atoms with Crippen molar-refractivity contribution in [2.24, 2.45) is 0 Å². The van der Waals surface area contributed by atoms with Gasteiger partial charge in [0.25, 0.3) is 0 Å². The maximum atomic E-state index is 12.3. The number of nitrogens with zero attached hydrogens (tertiary/aromatic N) is 1. The van der Waals surface area contributed by atoms with E-state index in [0.717, 1.165) is 25.9 Å². The number of carbonyl (C=O) groups excluding carboxylic acids is 1. The van der Waals surface area contributed by atoms with Gasteiger partial charge in [-0.3, -0.25) is 9.69 Å². The minimum atomic E-state index is -0.176. The van der Waals surface area contributed by atoms with Gasteiger partial charge in [-0.05, 0) is 51.1 Å². The summed E-state index contributed by atoms with van der Waals surface area (Å²) in [6.45, 7) is 7.98. The topological polar surface area (TPSA) is 58.4 Å². The zero-order valence-corrected chi connectivity index (χ0v) is 13.2. The van der Waals surface area contributed by atoms with Crippen molar-refractivity contribution in [2.45, 2.75) is 39.7 Å². The van der Waals surface area contributed by atoms with E-state index in [0.29, 0.717) is 16.4 Å². The van der Waals surface area contributed by atoms with Crippen molar-refractivity contribution < 1.29 is 4.79 Å². The molecular weight excluding hydrogens is 274 g/mol. The Kier molecular flexibility index (Phi) is 6.82. The first-order valence-corrected chi connectivity index (χ1v) is 7.47. The summed E-state index contributed by atoms with van der Waals surface area (Å²) in [5.74, 6) is -0.0408. The first-order valence-electron chi connectivity index (χ1n) is 7.09. The molecule has 0 saturated heterocycles. The zero-order valence-electron chi connectivity index (χ0n) is 12.4. The Labute approximate surface area is 126 Å². The second-order valence-corrected chi connectivity index (χ2v) is 5.37. The van der Waals surface area contributed by atoms with Gasteiger partial charge in [0.05, 0.1) is 17.4 Å². The van der Waals surface area contributed by atoms with Gasteiger partial charge >= 0.3 is 0 Å². The van der Waals surface area contributed by atoms with Crippen molar-refractivity contribution in [1.29, 1.82) is 0 Å². The fourth-order valence-corrected chi connectivity index (χ4v) is 2.30. The SMILES string of the molecule is CCCN(CCC)C(C)C(=O)Nc1ccc(Cl)cc1N. The molecule has 0 aliphatic carbocycles. The summed E-state index contributed by atoms with van der Waals surface area (Å²) in [6, 6.07) is 4.91. The predicted octanol–water partition coefficient (Wildman–Crippen LogP) is 3.37. The summed E-state index contributed by atoms with van der Waals surface area (Å²) < 4.78 is 0. The minimum Gasteiger partial charge on any atom is -0.397 e. The summed E-state index contributed by atoms with van der Waals surface area (Å²) in [5, 5.41) is 3.43. The van der Waals surface area contributed by atoms with Crippen LogP contribution in [0.5, 0.6) is 0 Å². The lowest BCUT2D eigenvalue weighted by atomic mass is 10.2. The normalized spacial score (nSPS) is 12.4. The molecule has 0 bridgehead atoms. The van der Waals surface area contributed by atoms with E-state index in [1.165, 1.54) is 0 Å². The van der Waals surface area contributed by atoms with Gasteiger partial charge in [-0.2, -0.15) is 0 Å². The molecule has 0 heterocycles. The van der Waals surface area contributed by atoms with Crippen molar-refractivity contribution in [3.8, 4) is 0 Å².